The Labute approximate surface area is 152 Å². The summed E-state index contributed by atoms with van der Waals surface area (Å²) in [4.78, 5) is 9.14. The first-order chi connectivity index (χ1) is 12.9. The summed E-state index contributed by atoms with van der Waals surface area (Å²) in [7, 11) is 0. The number of hydrogen-bond acceptors (Lipinski definition) is 4. The van der Waals surface area contributed by atoms with Gasteiger partial charge in [-0.05, 0) is 18.2 Å². The van der Waals surface area contributed by atoms with Gasteiger partial charge in [0.2, 0.25) is 0 Å². The van der Waals surface area contributed by atoms with E-state index in [0.29, 0.717) is 0 Å². The molecule has 0 aliphatic carbocycles. The van der Waals surface area contributed by atoms with Crippen LogP contribution in [-0.4, -0.2) is 9.97 Å². The quantitative estimate of drug-likeness (QED) is 0.343. The van der Waals surface area contributed by atoms with E-state index in [1.807, 2.05) is 36.0 Å². The van der Waals surface area contributed by atoms with E-state index in [9.17, 15) is 0 Å². The lowest BCUT2D eigenvalue weighted by Gasteiger charge is -2.00. The Hall–Kier alpha value is -3.24. The third-order valence-electron chi connectivity index (χ3n) is 4.88. The molecule has 0 fully saturated rings. The summed E-state index contributed by atoms with van der Waals surface area (Å²) >= 11 is 1.67. The molecule has 4 heteroatoms. The second kappa shape index (κ2) is 5.13. The minimum atomic E-state index is 0.882. The van der Waals surface area contributed by atoms with Crippen molar-refractivity contribution in [3.8, 4) is 11.3 Å². The second-order valence-corrected chi connectivity index (χ2v) is 7.13. The topological polar surface area (TPSA) is 38.9 Å². The maximum absolute atomic E-state index is 6.47. The number of furan rings is 1. The van der Waals surface area contributed by atoms with Crippen LogP contribution in [0, 0.1) is 0 Å². The highest BCUT2D eigenvalue weighted by Crippen LogP contribution is 2.43. The lowest BCUT2D eigenvalue weighted by Crippen LogP contribution is -1.82. The minimum Gasteiger partial charge on any atom is -0.455 e. The van der Waals surface area contributed by atoms with Gasteiger partial charge in [0.15, 0.2) is 0 Å². The molecule has 0 aliphatic rings. The smallest absolute Gasteiger partial charge is 0.144 e. The highest BCUT2D eigenvalue weighted by molar-refractivity contribution is 7.18. The molecular weight excluding hydrogens is 340 g/mol. The number of hydrogen-bond donors (Lipinski definition) is 0. The molecule has 0 saturated carbocycles. The Morgan fingerprint density at radius 2 is 1.58 bits per heavy atom. The maximum atomic E-state index is 6.47. The lowest BCUT2D eigenvalue weighted by molar-refractivity contribution is 0.674. The number of nitrogens with zero attached hydrogens (tertiary/aromatic N) is 2. The zero-order valence-electron chi connectivity index (χ0n) is 13.6. The molecule has 0 radical (unpaired) electrons. The number of para-hydroxylation sites is 1. The molecule has 0 atom stereocenters. The first kappa shape index (κ1) is 14.0. The number of benzene rings is 3. The highest BCUT2D eigenvalue weighted by atomic mass is 32.1. The molecule has 3 heterocycles. The van der Waals surface area contributed by atoms with Gasteiger partial charge in [0, 0.05) is 33.3 Å². The fourth-order valence-electron chi connectivity index (χ4n) is 3.76. The van der Waals surface area contributed by atoms with E-state index < -0.39 is 0 Å². The van der Waals surface area contributed by atoms with Gasteiger partial charge in [-0.15, -0.1) is 11.3 Å². The van der Waals surface area contributed by atoms with Gasteiger partial charge >= 0.3 is 0 Å². The molecule has 3 aromatic carbocycles. The fraction of sp³-hybridized carbons (Fsp3) is 0. The van der Waals surface area contributed by atoms with Gasteiger partial charge in [0.25, 0.3) is 0 Å². The highest BCUT2D eigenvalue weighted by Gasteiger charge is 2.19. The van der Waals surface area contributed by atoms with Crippen LogP contribution in [0.1, 0.15) is 0 Å². The van der Waals surface area contributed by atoms with E-state index in [-0.39, 0.29) is 0 Å². The van der Waals surface area contributed by atoms with Gasteiger partial charge in [0.05, 0.1) is 21.4 Å². The van der Waals surface area contributed by atoms with Crippen molar-refractivity contribution >= 4 is 54.3 Å². The van der Waals surface area contributed by atoms with Crippen LogP contribution >= 0.6 is 11.3 Å². The van der Waals surface area contributed by atoms with Crippen LogP contribution in [0.15, 0.2) is 76.8 Å². The van der Waals surface area contributed by atoms with E-state index in [1.54, 1.807) is 11.3 Å². The van der Waals surface area contributed by atoms with Gasteiger partial charge in [-0.2, -0.15) is 0 Å². The van der Waals surface area contributed by atoms with Crippen molar-refractivity contribution in [1.82, 2.24) is 9.97 Å². The van der Waals surface area contributed by atoms with E-state index in [2.05, 4.69) is 46.4 Å². The van der Waals surface area contributed by atoms with E-state index in [1.165, 1.54) is 4.70 Å². The third kappa shape index (κ3) is 1.77. The first-order valence-electron chi connectivity index (χ1n) is 8.42. The molecule has 0 N–H and O–H groups in total. The van der Waals surface area contributed by atoms with Crippen LogP contribution in [0.25, 0.3) is 54.2 Å². The zero-order valence-corrected chi connectivity index (χ0v) is 14.5. The Morgan fingerprint density at radius 3 is 2.46 bits per heavy atom. The van der Waals surface area contributed by atoms with Crippen LogP contribution in [0.3, 0.4) is 0 Å². The molecule has 3 aromatic heterocycles. The molecule has 122 valence electrons. The molecule has 0 aliphatic heterocycles. The van der Waals surface area contributed by atoms with Crippen LogP contribution in [0.4, 0.5) is 0 Å². The normalized spacial score (nSPS) is 11.8. The number of aromatic nitrogens is 2. The number of thiazole rings is 1. The summed E-state index contributed by atoms with van der Waals surface area (Å²) in [6.45, 7) is 0. The minimum absolute atomic E-state index is 0.882. The Bertz CT molecular complexity index is 1430. The third-order valence-corrected chi connectivity index (χ3v) is 5.72. The molecule has 6 aromatic rings. The summed E-state index contributed by atoms with van der Waals surface area (Å²) in [6, 6.07) is 20.5. The van der Waals surface area contributed by atoms with Crippen LogP contribution in [0.5, 0.6) is 0 Å². The molecule has 0 bridgehead atoms. The molecule has 6 rings (SSSR count). The molecule has 0 saturated heterocycles. The Balaban J connectivity index is 1.88. The SMILES string of the molecule is c1ccc(-c2cccc3c2oc2c4ccccc4c4ncsc4c32)nc1. The lowest BCUT2D eigenvalue weighted by atomic mass is 10.0. The summed E-state index contributed by atoms with van der Waals surface area (Å²) in [5.41, 5.74) is 6.70. The predicted molar refractivity (Wildman–Crippen MR) is 108 cm³/mol. The van der Waals surface area contributed by atoms with Crippen molar-refractivity contribution in [1.29, 1.82) is 0 Å². The zero-order chi connectivity index (χ0) is 17.1. The summed E-state index contributed by atoms with van der Waals surface area (Å²) < 4.78 is 7.64. The monoisotopic (exact) mass is 352 g/mol. The summed E-state index contributed by atoms with van der Waals surface area (Å²) in [5.74, 6) is 0. The fourth-order valence-corrected chi connectivity index (χ4v) is 4.62. The Kier molecular flexibility index (Phi) is 2.76. The van der Waals surface area contributed by atoms with E-state index in [0.717, 1.165) is 49.5 Å². The van der Waals surface area contributed by atoms with Crippen molar-refractivity contribution in [2.75, 3.05) is 0 Å². The average molecular weight is 352 g/mol. The molecular formula is C22H12N2OS. The Morgan fingerprint density at radius 1 is 0.731 bits per heavy atom. The molecule has 26 heavy (non-hydrogen) atoms. The van der Waals surface area contributed by atoms with Crippen molar-refractivity contribution in [3.05, 3.63) is 72.4 Å². The predicted octanol–water partition coefficient (Wildman–Crippen LogP) is 6.41. The van der Waals surface area contributed by atoms with Crippen molar-refractivity contribution in [2.45, 2.75) is 0 Å². The van der Waals surface area contributed by atoms with Crippen LogP contribution in [-0.2, 0) is 0 Å². The van der Waals surface area contributed by atoms with Gasteiger partial charge < -0.3 is 4.42 Å². The largest absolute Gasteiger partial charge is 0.455 e. The number of fused-ring (bicyclic) bond motifs is 8. The standard InChI is InChI=1S/C22H12N2OS/c1-2-7-14-13(6-1)19-22(26-12-24-19)18-16-9-5-8-15(20(16)25-21(14)18)17-10-3-4-11-23-17/h1-12H. The van der Waals surface area contributed by atoms with Crippen LogP contribution < -0.4 is 0 Å². The van der Waals surface area contributed by atoms with Gasteiger partial charge in [-0.3, -0.25) is 4.98 Å². The summed E-state index contributed by atoms with van der Waals surface area (Å²) in [5, 5.41) is 4.50. The van der Waals surface area contributed by atoms with E-state index >= 15 is 0 Å². The maximum Gasteiger partial charge on any atom is 0.144 e. The summed E-state index contributed by atoms with van der Waals surface area (Å²) in [6.07, 6.45) is 1.81. The average Bonchev–Trinajstić information content (AvgIpc) is 3.33. The second-order valence-electron chi connectivity index (χ2n) is 6.28. The van der Waals surface area contributed by atoms with Crippen molar-refractivity contribution < 1.29 is 4.42 Å². The van der Waals surface area contributed by atoms with Crippen LogP contribution in [0.2, 0.25) is 0 Å². The molecule has 0 spiro atoms. The van der Waals surface area contributed by atoms with Gasteiger partial charge in [0.1, 0.15) is 11.2 Å². The molecule has 0 amide bonds. The first-order valence-corrected chi connectivity index (χ1v) is 9.30. The van der Waals surface area contributed by atoms with Crippen molar-refractivity contribution in [3.63, 3.8) is 0 Å². The molecule has 3 nitrogen and oxygen atoms in total. The number of pyridine rings is 1. The number of rotatable bonds is 1. The van der Waals surface area contributed by atoms with Gasteiger partial charge in [-0.1, -0.05) is 42.5 Å². The van der Waals surface area contributed by atoms with E-state index in [4.69, 9.17) is 4.42 Å². The van der Waals surface area contributed by atoms with Crippen molar-refractivity contribution in [2.24, 2.45) is 0 Å². The molecule has 0 unspecified atom stereocenters. The van der Waals surface area contributed by atoms with Gasteiger partial charge in [-0.25, -0.2) is 4.98 Å².